The quantitative estimate of drug-likeness (QED) is 0.366. The van der Waals surface area contributed by atoms with Crippen LogP contribution in [0.2, 0.25) is 0 Å². The third kappa shape index (κ3) is 7.07. The number of aryl methyl sites for hydroxylation is 1. The summed E-state index contributed by atoms with van der Waals surface area (Å²) in [5.41, 5.74) is 1.55. The van der Waals surface area contributed by atoms with E-state index in [9.17, 15) is 22.4 Å². The van der Waals surface area contributed by atoms with Crippen LogP contribution in [0, 0.1) is 12.7 Å². The molecular formula is C31H36FN3O4S. The predicted octanol–water partition coefficient (Wildman–Crippen LogP) is 5.20. The number of carbonyl (C=O) groups excluding carboxylic acids is 2. The minimum Gasteiger partial charge on any atom is -0.352 e. The molecule has 1 aliphatic rings. The molecule has 0 aliphatic heterocycles. The molecule has 3 aromatic carbocycles. The van der Waals surface area contributed by atoms with Crippen LogP contribution in [0.3, 0.4) is 0 Å². The number of nitrogens with one attached hydrogen (secondary N) is 1. The molecule has 0 spiro atoms. The Morgan fingerprint density at radius 3 is 2.30 bits per heavy atom. The first kappa shape index (κ1) is 29.3. The van der Waals surface area contributed by atoms with Gasteiger partial charge in [-0.2, -0.15) is 0 Å². The van der Waals surface area contributed by atoms with Gasteiger partial charge in [-0.05, 0) is 56.5 Å². The van der Waals surface area contributed by atoms with E-state index in [0.29, 0.717) is 0 Å². The lowest BCUT2D eigenvalue weighted by Crippen LogP contribution is -2.53. The van der Waals surface area contributed by atoms with Crippen molar-refractivity contribution in [1.29, 1.82) is 0 Å². The Hall–Kier alpha value is -3.72. The van der Waals surface area contributed by atoms with Gasteiger partial charge in [-0.15, -0.1) is 0 Å². The fourth-order valence-electron chi connectivity index (χ4n) is 5.05. The second-order valence-corrected chi connectivity index (χ2v) is 12.2. The van der Waals surface area contributed by atoms with Crippen LogP contribution in [0.1, 0.15) is 50.2 Å². The first-order valence-electron chi connectivity index (χ1n) is 13.6. The van der Waals surface area contributed by atoms with E-state index in [2.05, 4.69) is 5.32 Å². The van der Waals surface area contributed by atoms with E-state index in [1.54, 1.807) is 25.1 Å². The van der Waals surface area contributed by atoms with Gasteiger partial charge in [-0.1, -0.05) is 79.4 Å². The third-order valence-electron chi connectivity index (χ3n) is 7.29. The normalized spacial score (nSPS) is 14.8. The largest absolute Gasteiger partial charge is 0.352 e. The topological polar surface area (TPSA) is 86.8 Å². The van der Waals surface area contributed by atoms with Gasteiger partial charge in [0.2, 0.25) is 11.8 Å². The molecule has 0 bridgehead atoms. The average Bonchev–Trinajstić information content (AvgIpc) is 2.95. The summed E-state index contributed by atoms with van der Waals surface area (Å²) in [6.07, 6.45) is 5.00. The molecule has 1 saturated carbocycles. The van der Waals surface area contributed by atoms with E-state index in [1.807, 2.05) is 31.2 Å². The van der Waals surface area contributed by atoms with Crippen molar-refractivity contribution in [3.8, 4) is 0 Å². The van der Waals surface area contributed by atoms with E-state index < -0.39 is 34.3 Å². The second kappa shape index (κ2) is 13.1. The van der Waals surface area contributed by atoms with Gasteiger partial charge < -0.3 is 10.2 Å². The molecule has 0 saturated heterocycles. The molecular weight excluding hydrogens is 529 g/mol. The van der Waals surface area contributed by atoms with Gasteiger partial charge in [-0.3, -0.25) is 13.9 Å². The number of benzene rings is 3. The van der Waals surface area contributed by atoms with Gasteiger partial charge in [-0.25, -0.2) is 12.8 Å². The van der Waals surface area contributed by atoms with Crippen molar-refractivity contribution in [3.63, 3.8) is 0 Å². The first-order valence-corrected chi connectivity index (χ1v) is 15.1. The number of carbonyl (C=O) groups is 2. The number of hydrogen-bond donors (Lipinski definition) is 1. The summed E-state index contributed by atoms with van der Waals surface area (Å²) in [5, 5.41) is 3.08. The molecule has 7 nitrogen and oxygen atoms in total. The maximum Gasteiger partial charge on any atom is 0.264 e. The minimum atomic E-state index is -4.31. The lowest BCUT2D eigenvalue weighted by molar-refractivity contribution is -0.139. The number of halogens is 1. The SMILES string of the molecule is Cc1cccc(CN(C(=O)CN(c2ccccc2F)S(=O)(=O)c2ccccc2)[C@H](C)C(=O)NC2CCCCC2)c1. The van der Waals surface area contributed by atoms with Gasteiger partial charge in [0.1, 0.15) is 18.4 Å². The maximum atomic E-state index is 15.0. The molecule has 40 heavy (non-hydrogen) atoms. The van der Waals surface area contributed by atoms with E-state index in [0.717, 1.165) is 53.6 Å². The van der Waals surface area contributed by atoms with Crippen LogP contribution in [0.25, 0.3) is 0 Å². The Morgan fingerprint density at radius 1 is 0.950 bits per heavy atom. The predicted molar refractivity (Wildman–Crippen MR) is 154 cm³/mol. The molecule has 212 valence electrons. The highest BCUT2D eigenvalue weighted by Crippen LogP contribution is 2.27. The number of nitrogens with zero attached hydrogens (tertiary/aromatic N) is 2. The van der Waals surface area contributed by atoms with E-state index in [4.69, 9.17) is 0 Å². The van der Waals surface area contributed by atoms with Crippen LogP contribution < -0.4 is 9.62 Å². The summed E-state index contributed by atoms with van der Waals surface area (Å²) in [7, 11) is -4.31. The lowest BCUT2D eigenvalue weighted by Gasteiger charge is -2.33. The Morgan fingerprint density at radius 2 is 1.62 bits per heavy atom. The molecule has 0 radical (unpaired) electrons. The summed E-state index contributed by atoms with van der Waals surface area (Å²) in [6.45, 7) is 2.99. The molecule has 3 aromatic rings. The summed E-state index contributed by atoms with van der Waals surface area (Å²) in [4.78, 5) is 28.6. The molecule has 2 amide bonds. The molecule has 0 heterocycles. The van der Waals surface area contributed by atoms with Gasteiger partial charge in [0.25, 0.3) is 10.0 Å². The molecule has 1 N–H and O–H groups in total. The van der Waals surface area contributed by atoms with Crippen LogP contribution in [0.15, 0.2) is 83.8 Å². The van der Waals surface area contributed by atoms with Gasteiger partial charge >= 0.3 is 0 Å². The van der Waals surface area contributed by atoms with Crippen molar-refractivity contribution in [2.24, 2.45) is 0 Å². The number of amides is 2. The monoisotopic (exact) mass is 565 g/mol. The zero-order chi connectivity index (χ0) is 28.7. The Labute approximate surface area is 236 Å². The number of para-hydroxylation sites is 1. The molecule has 1 fully saturated rings. The van der Waals surface area contributed by atoms with Crippen LogP contribution in [0.5, 0.6) is 0 Å². The van der Waals surface area contributed by atoms with Gasteiger partial charge in [0.05, 0.1) is 10.6 Å². The highest BCUT2D eigenvalue weighted by atomic mass is 32.2. The van der Waals surface area contributed by atoms with Crippen LogP contribution >= 0.6 is 0 Å². The van der Waals surface area contributed by atoms with Gasteiger partial charge in [0, 0.05) is 12.6 Å². The second-order valence-electron chi connectivity index (χ2n) is 10.3. The lowest BCUT2D eigenvalue weighted by atomic mass is 9.95. The van der Waals surface area contributed by atoms with E-state index >= 15 is 0 Å². The fourth-order valence-corrected chi connectivity index (χ4v) is 6.49. The molecule has 0 aromatic heterocycles. The Bertz CT molecular complexity index is 1430. The zero-order valence-electron chi connectivity index (χ0n) is 22.9. The number of rotatable bonds is 10. The van der Waals surface area contributed by atoms with Crippen molar-refractivity contribution >= 4 is 27.5 Å². The number of sulfonamides is 1. The van der Waals surface area contributed by atoms with E-state index in [1.165, 1.54) is 35.2 Å². The van der Waals surface area contributed by atoms with Crippen molar-refractivity contribution in [1.82, 2.24) is 10.2 Å². The minimum absolute atomic E-state index is 0.0491. The summed E-state index contributed by atoms with van der Waals surface area (Å²) in [5.74, 6) is -1.69. The van der Waals surface area contributed by atoms with Crippen molar-refractivity contribution in [2.75, 3.05) is 10.8 Å². The van der Waals surface area contributed by atoms with Crippen LogP contribution in [-0.2, 0) is 26.2 Å². The number of hydrogen-bond acceptors (Lipinski definition) is 4. The first-order chi connectivity index (χ1) is 19.2. The van der Waals surface area contributed by atoms with Gasteiger partial charge in [0.15, 0.2) is 0 Å². The van der Waals surface area contributed by atoms with Crippen LogP contribution in [-0.4, -0.2) is 43.8 Å². The zero-order valence-corrected chi connectivity index (χ0v) is 23.7. The molecule has 4 rings (SSSR count). The smallest absolute Gasteiger partial charge is 0.264 e. The fraction of sp³-hybridized carbons (Fsp3) is 0.355. The van der Waals surface area contributed by atoms with Crippen molar-refractivity contribution in [2.45, 2.75) is 69.5 Å². The highest BCUT2D eigenvalue weighted by Gasteiger charge is 2.34. The third-order valence-corrected chi connectivity index (χ3v) is 9.06. The summed E-state index contributed by atoms with van der Waals surface area (Å²) in [6, 6.07) is 19.8. The molecule has 1 atom stereocenters. The molecule has 9 heteroatoms. The Kier molecular flexibility index (Phi) is 9.58. The average molecular weight is 566 g/mol. The maximum absolute atomic E-state index is 15.0. The highest BCUT2D eigenvalue weighted by molar-refractivity contribution is 7.92. The number of anilines is 1. The molecule has 1 aliphatic carbocycles. The van der Waals surface area contributed by atoms with E-state index in [-0.39, 0.29) is 29.1 Å². The Balaban J connectivity index is 1.68. The summed E-state index contributed by atoms with van der Waals surface area (Å²) >= 11 is 0. The molecule has 0 unspecified atom stereocenters. The van der Waals surface area contributed by atoms with Crippen LogP contribution in [0.4, 0.5) is 10.1 Å². The summed E-state index contributed by atoms with van der Waals surface area (Å²) < 4.78 is 43.2. The standard InChI is InChI=1S/C31H36FN3O4S/c1-23-12-11-13-25(20-23)21-34(24(2)31(37)33-26-14-5-3-6-15-26)30(36)22-35(29-19-10-9-18-28(29)32)40(38,39)27-16-7-4-8-17-27/h4,7-13,16-20,24,26H,3,5-6,14-15,21-22H2,1-2H3,(H,33,37)/t24-/m1/s1. The van der Waals surface area contributed by atoms with Crippen molar-refractivity contribution in [3.05, 3.63) is 95.8 Å². The van der Waals surface area contributed by atoms with Crippen molar-refractivity contribution < 1.29 is 22.4 Å².